The van der Waals surface area contributed by atoms with Crippen molar-refractivity contribution < 1.29 is 4.79 Å². The molecular weight excluding hydrogens is 362 g/mol. The molecule has 154 valence electrons. The van der Waals surface area contributed by atoms with Crippen LogP contribution in [0.15, 0.2) is 47.5 Å². The Kier molecular flexibility index (Phi) is 6.75. The molecule has 1 saturated heterocycles. The van der Waals surface area contributed by atoms with Crippen LogP contribution in [0.2, 0.25) is 0 Å². The molecule has 1 aliphatic rings. The summed E-state index contributed by atoms with van der Waals surface area (Å²) in [7, 11) is 3.47. The van der Waals surface area contributed by atoms with Crippen molar-refractivity contribution in [1.82, 2.24) is 15.5 Å². The van der Waals surface area contributed by atoms with E-state index in [9.17, 15) is 4.79 Å². The van der Waals surface area contributed by atoms with Gasteiger partial charge in [-0.1, -0.05) is 24.3 Å². The zero-order valence-corrected chi connectivity index (χ0v) is 17.8. The zero-order chi connectivity index (χ0) is 20.8. The van der Waals surface area contributed by atoms with E-state index < -0.39 is 0 Å². The minimum atomic E-state index is -0.0706. The lowest BCUT2D eigenvalue weighted by Crippen LogP contribution is -2.52. The molecule has 0 unspecified atom stereocenters. The maximum atomic E-state index is 11.8. The van der Waals surface area contributed by atoms with Crippen molar-refractivity contribution in [1.29, 1.82) is 0 Å². The first-order chi connectivity index (χ1) is 14.0. The van der Waals surface area contributed by atoms with Crippen molar-refractivity contribution in [3.05, 3.63) is 64.7 Å². The van der Waals surface area contributed by atoms with Crippen LogP contribution in [0.3, 0.4) is 0 Å². The Morgan fingerprint density at radius 2 is 1.79 bits per heavy atom. The maximum absolute atomic E-state index is 11.8. The van der Waals surface area contributed by atoms with Crippen molar-refractivity contribution in [2.75, 3.05) is 45.2 Å². The van der Waals surface area contributed by atoms with Gasteiger partial charge in [-0.2, -0.15) is 0 Å². The summed E-state index contributed by atoms with van der Waals surface area (Å²) >= 11 is 0. The van der Waals surface area contributed by atoms with Gasteiger partial charge in [0.15, 0.2) is 5.96 Å². The number of carbonyl (C=O) groups excluding carboxylic acids is 1. The van der Waals surface area contributed by atoms with Gasteiger partial charge in [0.1, 0.15) is 0 Å². The van der Waals surface area contributed by atoms with Gasteiger partial charge >= 0.3 is 0 Å². The van der Waals surface area contributed by atoms with Gasteiger partial charge in [0.05, 0.1) is 0 Å². The summed E-state index contributed by atoms with van der Waals surface area (Å²) in [5, 5.41) is 6.11. The number of benzene rings is 2. The van der Waals surface area contributed by atoms with E-state index in [0.717, 1.165) is 37.7 Å². The van der Waals surface area contributed by atoms with Gasteiger partial charge in [-0.05, 0) is 48.7 Å². The van der Waals surface area contributed by atoms with E-state index in [-0.39, 0.29) is 5.91 Å². The van der Waals surface area contributed by atoms with E-state index in [1.807, 2.05) is 31.3 Å². The number of rotatable bonds is 4. The normalized spacial score (nSPS) is 14.7. The Morgan fingerprint density at radius 1 is 1.07 bits per heavy atom. The fourth-order valence-electron chi connectivity index (χ4n) is 3.72. The van der Waals surface area contributed by atoms with Crippen LogP contribution >= 0.6 is 0 Å². The molecule has 0 bridgehead atoms. The molecule has 0 saturated carbocycles. The van der Waals surface area contributed by atoms with Gasteiger partial charge in [0.25, 0.3) is 5.91 Å². The Morgan fingerprint density at radius 3 is 2.48 bits per heavy atom. The van der Waals surface area contributed by atoms with Gasteiger partial charge in [0, 0.05) is 58.1 Å². The fourth-order valence-corrected chi connectivity index (χ4v) is 3.72. The maximum Gasteiger partial charge on any atom is 0.251 e. The van der Waals surface area contributed by atoms with Crippen LogP contribution in [0, 0.1) is 13.8 Å². The van der Waals surface area contributed by atoms with E-state index in [2.05, 4.69) is 57.5 Å². The summed E-state index contributed by atoms with van der Waals surface area (Å²) in [5.74, 6) is 0.828. The smallest absolute Gasteiger partial charge is 0.251 e. The SMILES string of the molecule is CN=C(NCc1cccc(C(=O)NC)c1)N1CCN(c2cccc(C)c2C)CC1. The molecule has 29 heavy (non-hydrogen) atoms. The highest BCUT2D eigenvalue weighted by atomic mass is 16.1. The van der Waals surface area contributed by atoms with E-state index in [1.54, 1.807) is 7.05 Å². The van der Waals surface area contributed by atoms with Crippen LogP contribution in [0.4, 0.5) is 5.69 Å². The molecule has 0 radical (unpaired) electrons. The Labute approximate surface area is 173 Å². The molecule has 2 aromatic rings. The molecule has 6 heteroatoms. The number of guanidine groups is 1. The molecule has 6 nitrogen and oxygen atoms in total. The second-order valence-electron chi connectivity index (χ2n) is 7.37. The number of aliphatic imine (C=N–C) groups is 1. The molecule has 1 fully saturated rings. The molecule has 0 aromatic heterocycles. The molecule has 0 atom stereocenters. The Bertz CT molecular complexity index is 885. The Balaban J connectivity index is 1.58. The highest BCUT2D eigenvalue weighted by Crippen LogP contribution is 2.23. The average molecular weight is 394 g/mol. The fraction of sp³-hybridized carbons (Fsp3) is 0.391. The topological polar surface area (TPSA) is 60.0 Å². The molecule has 3 rings (SSSR count). The summed E-state index contributed by atoms with van der Waals surface area (Å²) in [6.07, 6.45) is 0. The lowest BCUT2D eigenvalue weighted by atomic mass is 10.1. The van der Waals surface area contributed by atoms with Crippen molar-refractivity contribution in [3.63, 3.8) is 0 Å². The molecule has 1 heterocycles. The van der Waals surface area contributed by atoms with Crippen LogP contribution in [-0.4, -0.2) is 57.0 Å². The van der Waals surface area contributed by atoms with Gasteiger partial charge in [-0.15, -0.1) is 0 Å². The quantitative estimate of drug-likeness (QED) is 0.619. The van der Waals surface area contributed by atoms with Gasteiger partial charge < -0.3 is 20.4 Å². The summed E-state index contributed by atoms with van der Waals surface area (Å²) in [6.45, 7) is 8.78. The lowest BCUT2D eigenvalue weighted by Gasteiger charge is -2.38. The average Bonchev–Trinajstić information content (AvgIpc) is 2.76. The third-order valence-corrected chi connectivity index (χ3v) is 5.57. The monoisotopic (exact) mass is 393 g/mol. The van der Waals surface area contributed by atoms with E-state index in [4.69, 9.17) is 0 Å². The molecular formula is C23H31N5O. The van der Waals surface area contributed by atoms with Gasteiger partial charge in [-0.3, -0.25) is 9.79 Å². The highest BCUT2D eigenvalue weighted by molar-refractivity contribution is 5.94. The minimum absolute atomic E-state index is 0.0706. The zero-order valence-electron chi connectivity index (χ0n) is 17.8. The van der Waals surface area contributed by atoms with Crippen LogP contribution in [-0.2, 0) is 6.54 Å². The lowest BCUT2D eigenvalue weighted by molar-refractivity contribution is 0.0963. The first-order valence-electron chi connectivity index (χ1n) is 10.1. The summed E-state index contributed by atoms with van der Waals surface area (Å²) in [4.78, 5) is 21.0. The predicted molar refractivity (Wildman–Crippen MR) is 120 cm³/mol. The summed E-state index contributed by atoms with van der Waals surface area (Å²) in [5.41, 5.74) is 5.75. The number of piperazine rings is 1. The number of nitrogens with zero attached hydrogens (tertiary/aromatic N) is 3. The van der Waals surface area contributed by atoms with E-state index in [1.165, 1.54) is 16.8 Å². The molecule has 2 aromatic carbocycles. The number of amides is 1. The van der Waals surface area contributed by atoms with E-state index in [0.29, 0.717) is 12.1 Å². The van der Waals surface area contributed by atoms with Gasteiger partial charge in [-0.25, -0.2) is 0 Å². The third kappa shape index (κ3) is 4.88. The predicted octanol–water partition coefficient (Wildman–Crippen LogP) is 2.56. The highest BCUT2D eigenvalue weighted by Gasteiger charge is 2.21. The van der Waals surface area contributed by atoms with Crippen LogP contribution in [0.25, 0.3) is 0 Å². The van der Waals surface area contributed by atoms with Crippen molar-refractivity contribution >= 4 is 17.6 Å². The summed E-state index contributed by atoms with van der Waals surface area (Å²) in [6, 6.07) is 14.2. The molecule has 0 spiro atoms. The molecule has 0 aliphatic carbocycles. The standard InChI is InChI=1S/C23H31N5O/c1-17-7-5-10-21(18(17)2)27-11-13-28(14-12-27)23(25-4)26-16-19-8-6-9-20(15-19)22(29)24-3/h5-10,15H,11-14,16H2,1-4H3,(H,24,29)(H,25,26). The Hall–Kier alpha value is -3.02. The van der Waals surface area contributed by atoms with Crippen molar-refractivity contribution in [2.45, 2.75) is 20.4 Å². The number of aryl methyl sites for hydroxylation is 1. The van der Waals surface area contributed by atoms with Crippen LogP contribution in [0.1, 0.15) is 27.0 Å². The third-order valence-electron chi connectivity index (χ3n) is 5.57. The number of hydrogen-bond acceptors (Lipinski definition) is 3. The van der Waals surface area contributed by atoms with Crippen molar-refractivity contribution in [2.24, 2.45) is 4.99 Å². The minimum Gasteiger partial charge on any atom is -0.368 e. The largest absolute Gasteiger partial charge is 0.368 e. The van der Waals surface area contributed by atoms with E-state index >= 15 is 0 Å². The number of anilines is 1. The molecule has 1 aliphatic heterocycles. The number of nitrogens with one attached hydrogen (secondary N) is 2. The molecule has 2 N–H and O–H groups in total. The summed E-state index contributed by atoms with van der Waals surface area (Å²) < 4.78 is 0. The van der Waals surface area contributed by atoms with Crippen LogP contribution < -0.4 is 15.5 Å². The first-order valence-corrected chi connectivity index (χ1v) is 10.1. The molecule has 1 amide bonds. The van der Waals surface area contributed by atoms with Gasteiger partial charge in [0.2, 0.25) is 0 Å². The number of carbonyl (C=O) groups is 1. The van der Waals surface area contributed by atoms with Crippen LogP contribution in [0.5, 0.6) is 0 Å². The second kappa shape index (κ2) is 9.45. The van der Waals surface area contributed by atoms with Crippen molar-refractivity contribution in [3.8, 4) is 0 Å². The second-order valence-corrected chi connectivity index (χ2v) is 7.37. The number of hydrogen-bond donors (Lipinski definition) is 2. The first kappa shape index (κ1) is 20.7.